The third-order valence-electron chi connectivity index (χ3n) is 3.28. The first-order valence-corrected chi connectivity index (χ1v) is 8.83. The highest BCUT2D eigenvalue weighted by Gasteiger charge is 2.16. The quantitative estimate of drug-likeness (QED) is 0.730. The maximum absolute atomic E-state index is 12.4. The molecular formula is C18H19ClN2O3S. The van der Waals surface area contributed by atoms with Gasteiger partial charge in [0.15, 0.2) is 0 Å². The Morgan fingerprint density at radius 2 is 1.80 bits per heavy atom. The van der Waals surface area contributed by atoms with Crippen molar-refractivity contribution in [3.8, 4) is 5.75 Å². The van der Waals surface area contributed by atoms with E-state index < -0.39 is 0 Å². The van der Waals surface area contributed by atoms with Crippen molar-refractivity contribution < 1.29 is 14.3 Å². The second kappa shape index (κ2) is 8.78. The molecule has 0 saturated carbocycles. The summed E-state index contributed by atoms with van der Waals surface area (Å²) in [5.41, 5.74) is 1.26. The molecule has 2 N–H and O–H groups in total. The van der Waals surface area contributed by atoms with Gasteiger partial charge in [0.05, 0.1) is 18.0 Å². The zero-order chi connectivity index (χ0) is 18.4. The standard InChI is InChI=1S/C18H19ClN2O3S/c1-11(25-15-7-5-14(6-8-15)20-12(2)22)18(23)21-16-10-13(19)4-9-17(16)24-3/h4-11H,1-3H3,(H,20,22)(H,21,23)/t11-/m0/s1. The number of benzene rings is 2. The number of amides is 2. The van der Waals surface area contributed by atoms with Crippen molar-refractivity contribution in [3.63, 3.8) is 0 Å². The lowest BCUT2D eigenvalue weighted by Gasteiger charge is -2.14. The second-order valence-corrected chi connectivity index (χ2v) is 7.15. The van der Waals surface area contributed by atoms with E-state index >= 15 is 0 Å². The number of ether oxygens (including phenoxy) is 1. The Kier molecular flexibility index (Phi) is 6.73. The summed E-state index contributed by atoms with van der Waals surface area (Å²) in [5, 5.41) is 5.73. The number of methoxy groups -OCH3 is 1. The summed E-state index contributed by atoms with van der Waals surface area (Å²) < 4.78 is 5.23. The molecule has 0 aliphatic carbocycles. The van der Waals surface area contributed by atoms with Gasteiger partial charge < -0.3 is 15.4 Å². The molecule has 0 aliphatic heterocycles. The van der Waals surface area contributed by atoms with Gasteiger partial charge in [-0.25, -0.2) is 0 Å². The van der Waals surface area contributed by atoms with Crippen LogP contribution in [0, 0.1) is 0 Å². The van der Waals surface area contributed by atoms with Crippen LogP contribution in [0.15, 0.2) is 47.4 Å². The average Bonchev–Trinajstić information content (AvgIpc) is 2.56. The van der Waals surface area contributed by atoms with Gasteiger partial charge in [-0.1, -0.05) is 11.6 Å². The smallest absolute Gasteiger partial charge is 0.237 e. The molecule has 2 aromatic rings. The van der Waals surface area contributed by atoms with E-state index in [1.807, 2.05) is 19.1 Å². The van der Waals surface area contributed by atoms with Crippen LogP contribution < -0.4 is 15.4 Å². The van der Waals surface area contributed by atoms with Gasteiger partial charge in [0.25, 0.3) is 0 Å². The molecule has 2 aromatic carbocycles. The van der Waals surface area contributed by atoms with Crippen LogP contribution in [0.25, 0.3) is 0 Å². The largest absolute Gasteiger partial charge is 0.495 e. The highest BCUT2D eigenvalue weighted by Crippen LogP contribution is 2.30. The number of carbonyl (C=O) groups is 2. The summed E-state index contributed by atoms with van der Waals surface area (Å²) in [6.07, 6.45) is 0. The first kappa shape index (κ1) is 19.1. The van der Waals surface area contributed by atoms with E-state index in [4.69, 9.17) is 16.3 Å². The van der Waals surface area contributed by atoms with E-state index in [9.17, 15) is 9.59 Å². The zero-order valence-corrected chi connectivity index (χ0v) is 15.7. The maximum Gasteiger partial charge on any atom is 0.237 e. The normalized spacial score (nSPS) is 11.5. The lowest BCUT2D eigenvalue weighted by molar-refractivity contribution is -0.115. The number of anilines is 2. The molecule has 5 nitrogen and oxygen atoms in total. The zero-order valence-electron chi connectivity index (χ0n) is 14.1. The van der Waals surface area contributed by atoms with Crippen molar-refractivity contribution in [2.45, 2.75) is 24.0 Å². The van der Waals surface area contributed by atoms with Crippen LogP contribution in [0.1, 0.15) is 13.8 Å². The van der Waals surface area contributed by atoms with Crippen LogP contribution in [0.4, 0.5) is 11.4 Å². The third kappa shape index (κ3) is 5.69. The molecule has 1 atom stereocenters. The van der Waals surface area contributed by atoms with Crippen LogP contribution in [0.3, 0.4) is 0 Å². The third-order valence-corrected chi connectivity index (χ3v) is 4.62. The number of hydrogen-bond acceptors (Lipinski definition) is 4. The van der Waals surface area contributed by atoms with Gasteiger partial charge in [0.1, 0.15) is 5.75 Å². The van der Waals surface area contributed by atoms with Crippen LogP contribution in [0.5, 0.6) is 5.75 Å². The first-order chi connectivity index (χ1) is 11.9. The Morgan fingerprint density at radius 3 is 2.40 bits per heavy atom. The summed E-state index contributed by atoms with van der Waals surface area (Å²) in [4.78, 5) is 24.4. The molecule has 0 heterocycles. The van der Waals surface area contributed by atoms with Crippen LogP contribution in [-0.2, 0) is 9.59 Å². The molecule has 0 fully saturated rings. The fourth-order valence-corrected chi connectivity index (χ4v) is 3.13. The minimum Gasteiger partial charge on any atom is -0.495 e. The Bertz CT molecular complexity index is 765. The van der Waals surface area contributed by atoms with Crippen molar-refractivity contribution in [2.24, 2.45) is 0 Å². The minimum atomic E-state index is -0.324. The first-order valence-electron chi connectivity index (χ1n) is 7.57. The van der Waals surface area contributed by atoms with Crippen LogP contribution in [0.2, 0.25) is 5.02 Å². The molecule has 0 aromatic heterocycles. The molecule has 132 valence electrons. The highest BCUT2D eigenvalue weighted by atomic mass is 35.5. The Labute approximate surface area is 156 Å². The highest BCUT2D eigenvalue weighted by molar-refractivity contribution is 8.00. The van der Waals surface area contributed by atoms with Crippen molar-refractivity contribution in [3.05, 3.63) is 47.5 Å². The van der Waals surface area contributed by atoms with Crippen molar-refractivity contribution in [1.29, 1.82) is 0 Å². The fraction of sp³-hybridized carbons (Fsp3) is 0.222. The minimum absolute atomic E-state index is 0.122. The van der Waals surface area contributed by atoms with E-state index in [1.165, 1.54) is 25.8 Å². The van der Waals surface area contributed by atoms with Gasteiger partial charge >= 0.3 is 0 Å². The SMILES string of the molecule is COc1ccc(Cl)cc1NC(=O)[C@H](C)Sc1ccc(NC(C)=O)cc1. The van der Waals surface area contributed by atoms with Crippen LogP contribution >= 0.6 is 23.4 Å². The number of thioether (sulfide) groups is 1. The lowest BCUT2D eigenvalue weighted by Crippen LogP contribution is -2.22. The average molecular weight is 379 g/mol. The Morgan fingerprint density at radius 1 is 1.12 bits per heavy atom. The molecule has 0 unspecified atom stereocenters. The number of carbonyl (C=O) groups excluding carboxylic acids is 2. The van der Waals surface area contributed by atoms with Gasteiger partial charge in [-0.15, -0.1) is 11.8 Å². The van der Waals surface area contributed by atoms with E-state index in [2.05, 4.69) is 10.6 Å². The van der Waals surface area contributed by atoms with E-state index in [1.54, 1.807) is 30.3 Å². The second-order valence-electron chi connectivity index (χ2n) is 5.30. The van der Waals surface area contributed by atoms with Gasteiger partial charge in [-0.2, -0.15) is 0 Å². The van der Waals surface area contributed by atoms with Gasteiger partial charge in [-0.05, 0) is 49.4 Å². The molecular weight excluding hydrogens is 360 g/mol. The molecule has 2 amide bonds. The predicted molar refractivity (Wildman–Crippen MR) is 103 cm³/mol. The molecule has 0 saturated heterocycles. The molecule has 0 aliphatic rings. The van der Waals surface area contributed by atoms with Crippen molar-refractivity contribution in [1.82, 2.24) is 0 Å². The summed E-state index contributed by atoms with van der Waals surface area (Å²) >= 11 is 7.39. The summed E-state index contributed by atoms with van der Waals surface area (Å²) in [6, 6.07) is 12.4. The van der Waals surface area contributed by atoms with Crippen molar-refractivity contribution in [2.75, 3.05) is 17.7 Å². The fourth-order valence-electron chi connectivity index (χ4n) is 2.09. The van der Waals surface area contributed by atoms with E-state index in [-0.39, 0.29) is 17.1 Å². The monoisotopic (exact) mass is 378 g/mol. The number of nitrogens with one attached hydrogen (secondary N) is 2. The van der Waals surface area contributed by atoms with Gasteiger partial charge in [-0.3, -0.25) is 9.59 Å². The van der Waals surface area contributed by atoms with E-state index in [0.717, 1.165) is 10.6 Å². The van der Waals surface area contributed by atoms with Crippen molar-refractivity contribution >= 4 is 46.6 Å². The molecule has 2 rings (SSSR count). The molecule has 0 spiro atoms. The Hall–Kier alpha value is -2.18. The number of rotatable bonds is 6. The predicted octanol–water partition coefficient (Wildman–Crippen LogP) is 4.43. The number of hydrogen-bond donors (Lipinski definition) is 2. The lowest BCUT2D eigenvalue weighted by atomic mass is 10.3. The molecule has 0 bridgehead atoms. The van der Waals surface area contributed by atoms with Gasteiger partial charge in [0, 0.05) is 22.5 Å². The molecule has 0 radical (unpaired) electrons. The summed E-state index contributed by atoms with van der Waals surface area (Å²) in [7, 11) is 1.54. The number of halogens is 1. The van der Waals surface area contributed by atoms with Gasteiger partial charge in [0.2, 0.25) is 11.8 Å². The summed E-state index contributed by atoms with van der Waals surface area (Å²) in [6.45, 7) is 3.28. The topological polar surface area (TPSA) is 67.4 Å². The Balaban J connectivity index is 2.00. The van der Waals surface area contributed by atoms with E-state index in [0.29, 0.717) is 16.5 Å². The van der Waals surface area contributed by atoms with Crippen LogP contribution in [-0.4, -0.2) is 24.2 Å². The molecule has 25 heavy (non-hydrogen) atoms. The summed E-state index contributed by atoms with van der Waals surface area (Å²) in [5.74, 6) is 0.273. The molecule has 7 heteroatoms. The maximum atomic E-state index is 12.4.